The predicted octanol–water partition coefficient (Wildman–Crippen LogP) is 5.46. The molecule has 28 heavy (non-hydrogen) atoms. The number of anilines is 4. The largest absolute Gasteiger partial charge is 0.368 e. The molecule has 1 aromatic heterocycles. The van der Waals surface area contributed by atoms with Crippen molar-refractivity contribution < 1.29 is 0 Å². The van der Waals surface area contributed by atoms with E-state index in [-0.39, 0.29) is 0 Å². The zero-order valence-corrected chi connectivity index (χ0v) is 17.9. The summed E-state index contributed by atoms with van der Waals surface area (Å²) in [5.41, 5.74) is 4.98. The Bertz CT molecular complexity index is 919. The lowest BCUT2D eigenvalue weighted by molar-refractivity contribution is 0.617. The van der Waals surface area contributed by atoms with Gasteiger partial charge in [0.1, 0.15) is 5.82 Å². The molecule has 146 valence electrons. The van der Waals surface area contributed by atoms with Gasteiger partial charge in [0.2, 0.25) is 0 Å². The maximum atomic E-state index is 6.56. The van der Waals surface area contributed by atoms with Crippen LogP contribution in [0.25, 0.3) is 0 Å². The highest BCUT2D eigenvalue weighted by Crippen LogP contribution is 2.35. The molecule has 2 aromatic carbocycles. The average Bonchev–Trinajstić information content (AvgIpc) is 3.40. The summed E-state index contributed by atoms with van der Waals surface area (Å²) in [6.45, 7) is 2.07. The third kappa shape index (κ3) is 4.55. The van der Waals surface area contributed by atoms with Gasteiger partial charge in [-0.25, -0.2) is 4.98 Å². The van der Waals surface area contributed by atoms with Crippen LogP contribution in [0.15, 0.2) is 58.3 Å². The highest BCUT2D eigenvalue weighted by atomic mass is 35.5. The topological polar surface area (TPSA) is 52.2 Å². The molecule has 0 bridgehead atoms. The van der Waals surface area contributed by atoms with Crippen LogP contribution in [-0.4, -0.2) is 31.2 Å². The molecule has 0 amide bonds. The van der Waals surface area contributed by atoms with E-state index in [4.69, 9.17) is 11.6 Å². The van der Waals surface area contributed by atoms with Gasteiger partial charge in [-0.15, -0.1) is 11.3 Å². The molecule has 8 heteroatoms. The summed E-state index contributed by atoms with van der Waals surface area (Å²) in [6.07, 6.45) is 1.16. The fourth-order valence-corrected chi connectivity index (χ4v) is 4.75. The maximum Gasteiger partial charge on any atom is 0.147 e. The van der Waals surface area contributed by atoms with Crippen molar-refractivity contribution in [3.63, 3.8) is 0 Å². The first-order valence-corrected chi connectivity index (χ1v) is 11.3. The highest BCUT2D eigenvalue weighted by Gasteiger charge is 2.23. The lowest BCUT2D eigenvalue weighted by atomic mass is 10.2. The maximum absolute atomic E-state index is 6.56. The van der Waals surface area contributed by atoms with Crippen molar-refractivity contribution in [1.82, 2.24) is 10.3 Å². The van der Waals surface area contributed by atoms with Gasteiger partial charge >= 0.3 is 0 Å². The summed E-state index contributed by atoms with van der Waals surface area (Å²) in [5, 5.41) is 9.55. The molecular formula is C20H22ClN5S2. The van der Waals surface area contributed by atoms with Crippen LogP contribution < -0.4 is 20.3 Å². The second kappa shape index (κ2) is 9.05. The van der Waals surface area contributed by atoms with E-state index in [9.17, 15) is 0 Å². The zero-order valence-electron chi connectivity index (χ0n) is 15.5. The van der Waals surface area contributed by atoms with E-state index in [0.717, 1.165) is 41.6 Å². The quantitative estimate of drug-likeness (QED) is 0.432. The van der Waals surface area contributed by atoms with Crippen LogP contribution in [-0.2, 0) is 0 Å². The van der Waals surface area contributed by atoms with Crippen molar-refractivity contribution >= 4 is 57.8 Å². The third-order valence-corrected chi connectivity index (χ3v) is 6.46. The van der Waals surface area contributed by atoms with Crippen molar-refractivity contribution in [1.29, 1.82) is 0 Å². The lowest BCUT2D eigenvalue weighted by Gasteiger charge is -2.23. The van der Waals surface area contributed by atoms with Crippen molar-refractivity contribution in [3.05, 3.63) is 58.4 Å². The molecule has 0 spiro atoms. The Morgan fingerprint density at radius 3 is 2.86 bits per heavy atom. The van der Waals surface area contributed by atoms with Crippen LogP contribution in [0, 0.1) is 0 Å². The Morgan fingerprint density at radius 1 is 1.21 bits per heavy atom. The molecule has 1 fully saturated rings. The van der Waals surface area contributed by atoms with Crippen LogP contribution >= 0.6 is 34.9 Å². The fourth-order valence-electron chi connectivity index (χ4n) is 3.25. The smallest absolute Gasteiger partial charge is 0.147 e. The van der Waals surface area contributed by atoms with Crippen molar-refractivity contribution in [2.45, 2.75) is 17.4 Å². The molecule has 0 saturated carbocycles. The van der Waals surface area contributed by atoms with E-state index in [2.05, 4.69) is 43.4 Å². The average molecular weight is 432 g/mol. The molecule has 1 unspecified atom stereocenters. The van der Waals surface area contributed by atoms with Gasteiger partial charge in [-0.1, -0.05) is 23.7 Å². The highest BCUT2D eigenvalue weighted by molar-refractivity contribution is 8.00. The van der Waals surface area contributed by atoms with E-state index in [1.807, 2.05) is 36.7 Å². The minimum atomic E-state index is 0.540. The number of likely N-dealkylation sites (N-methyl/N-ethyl adjacent to an activating group) is 1. The Kier molecular flexibility index (Phi) is 6.26. The van der Waals surface area contributed by atoms with Crippen LogP contribution in [0.1, 0.15) is 6.42 Å². The molecule has 0 aliphatic carbocycles. The minimum absolute atomic E-state index is 0.540. The molecular weight excluding hydrogens is 410 g/mol. The summed E-state index contributed by atoms with van der Waals surface area (Å²) in [4.78, 5) is 7.67. The molecule has 3 aromatic rings. The Hall–Kier alpha value is -1.93. The van der Waals surface area contributed by atoms with Crippen molar-refractivity contribution in [2.24, 2.45) is 0 Å². The molecule has 0 radical (unpaired) electrons. The van der Waals surface area contributed by atoms with E-state index in [1.165, 1.54) is 17.6 Å². The Balaban J connectivity index is 1.47. The number of nitrogens with one attached hydrogen (secondary N) is 3. The third-order valence-electron chi connectivity index (χ3n) is 4.76. The number of nitrogens with zero attached hydrogens (tertiary/aromatic N) is 2. The monoisotopic (exact) mass is 431 g/mol. The standard InChI is InChI=1S/C20H22ClN5S2/c1-22-14-8-9-26(11-14)19-5-3-2-4-18(19)24-17-7-6-15(10-16(17)21)28-25-20-12-27-13-23-20/h2-7,10,12-14,22,24-25H,8-9,11H2,1H3. The van der Waals surface area contributed by atoms with E-state index in [0.29, 0.717) is 11.1 Å². The van der Waals surface area contributed by atoms with Gasteiger partial charge in [0.15, 0.2) is 0 Å². The molecule has 1 aliphatic rings. The summed E-state index contributed by atoms with van der Waals surface area (Å²) >= 11 is 9.62. The molecule has 2 heterocycles. The van der Waals surface area contributed by atoms with Crippen LogP contribution in [0.2, 0.25) is 5.02 Å². The normalized spacial score (nSPS) is 16.4. The van der Waals surface area contributed by atoms with Gasteiger partial charge in [-0.3, -0.25) is 0 Å². The SMILES string of the molecule is CNC1CCN(c2ccccc2Nc2ccc(SNc3cscn3)cc2Cl)C1. The van der Waals surface area contributed by atoms with Gasteiger partial charge in [0.25, 0.3) is 0 Å². The number of hydrogen-bond acceptors (Lipinski definition) is 7. The first kappa shape index (κ1) is 19.4. The second-order valence-corrected chi connectivity index (χ2v) is 8.59. The molecule has 1 saturated heterocycles. The zero-order chi connectivity index (χ0) is 19.3. The predicted molar refractivity (Wildman–Crippen MR) is 122 cm³/mol. The lowest BCUT2D eigenvalue weighted by Crippen LogP contribution is -2.29. The second-order valence-electron chi connectivity index (χ2n) is 6.58. The van der Waals surface area contributed by atoms with Crippen LogP contribution in [0.3, 0.4) is 0 Å². The van der Waals surface area contributed by atoms with Crippen LogP contribution in [0.4, 0.5) is 22.9 Å². The summed E-state index contributed by atoms with van der Waals surface area (Å²) in [6, 6.07) is 15.0. The minimum Gasteiger partial charge on any atom is -0.368 e. The van der Waals surface area contributed by atoms with Crippen molar-refractivity contribution in [2.75, 3.05) is 35.1 Å². The van der Waals surface area contributed by atoms with Gasteiger partial charge in [-0.05, 0) is 55.7 Å². The fraction of sp³-hybridized carbons (Fsp3) is 0.250. The van der Waals surface area contributed by atoms with Gasteiger partial charge in [0.05, 0.1) is 27.6 Å². The van der Waals surface area contributed by atoms with Gasteiger partial charge in [0, 0.05) is 29.4 Å². The summed E-state index contributed by atoms with van der Waals surface area (Å²) < 4.78 is 3.22. The van der Waals surface area contributed by atoms with E-state index >= 15 is 0 Å². The summed E-state index contributed by atoms with van der Waals surface area (Å²) in [5.74, 6) is 0.854. The molecule has 4 rings (SSSR count). The number of aromatic nitrogens is 1. The Morgan fingerprint density at radius 2 is 2.11 bits per heavy atom. The number of benzene rings is 2. The number of halogens is 1. The summed E-state index contributed by atoms with van der Waals surface area (Å²) in [7, 11) is 2.03. The van der Waals surface area contributed by atoms with Gasteiger partial charge in [-0.2, -0.15) is 0 Å². The van der Waals surface area contributed by atoms with Crippen molar-refractivity contribution in [3.8, 4) is 0 Å². The number of rotatable bonds is 7. The molecule has 3 N–H and O–H groups in total. The number of thiazole rings is 1. The molecule has 5 nitrogen and oxygen atoms in total. The first-order chi connectivity index (χ1) is 13.7. The molecule has 1 atom stereocenters. The van der Waals surface area contributed by atoms with E-state index in [1.54, 1.807) is 16.8 Å². The van der Waals surface area contributed by atoms with Gasteiger partial charge < -0.3 is 20.3 Å². The number of para-hydroxylation sites is 2. The van der Waals surface area contributed by atoms with Crippen LogP contribution in [0.5, 0.6) is 0 Å². The first-order valence-electron chi connectivity index (χ1n) is 9.12. The molecule has 1 aliphatic heterocycles. The van der Waals surface area contributed by atoms with E-state index < -0.39 is 0 Å². The number of hydrogen-bond donors (Lipinski definition) is 3. The Labute approximate surface area is 178 Å².